The predicted octanol–water partition coefficient (Wildman–Crippen LogP) is 10.1. The fourth-order valence-corrected chi connectivity index (χ4v) is 4.85. The smallest absolute Gasteiger partial charge is 0.337 e. The molecule has 0 bridgehead atoms. The second-order valence-corrected chi connectivity index (χ2v) is 11.1. The van der Waals surface area contributed by atoms with Crippen molar-refractivity contribution in [3.8, 4) is 29.4 Å². The molecule has 0 aromatic heterocycles. The molecule has 3 heteroatoms. The summed E-state index contributed by atoms with van der Waals surface area (Å²) in [5, 5.41) is 0. The van der Waals surface area contributed by atoms with Crippen molar-refractivity contribution in [1.29, 1.82) is 0 Å². The van der Waals surface area contributed by atoms with E-state index in [2.05, 4.69) is 30.6 Å². The second kappa shape index (κ2) is 20.9. The first-order valence-electron chi connectivity index (χ1n) is 16.2. The zero-order valence-electron chi connectivity index (χ0n) is 26.3. The van der Waals surface area contributed by atoms with E-state index in [1.54, 1.807) is 12.1 Å². The SMILES string of the molecule is CCCCCCCCCCCCCCCCOc1ccc(C#Cc2ccc(C#Cc3ccc(C(=O)OC)cc3)cc2)cc1. The number of rotatable bonds is 17. The molecule has 0 aliphatic rings. The molecule has 0 unspecified atom stereocenters. The molecule has 0 heterocycles. The maximum absolute atomic E-state index is 11.5. The number of carbonyl (C=O) groups is 1. The molecule has 43 heavy (non-hydrogen) atoms. The summed E-state index contributed by atoms with van der Waals surface area (Å²) >= 11 is 0. The van der Waals surface area contributed by atoms with Gasteiger partial charge in [0.1, 0.15) is 5.75 Å². The highest BCUT2D eigenvalue weighted by Gasteiger charge is 2.03. The van der Waals surface area contributed by atoms with Gasteiger partial charge in [0.25, 0.3) is 0 Å². The highest BCUT2D eigenvalue weighted by atomic mass is 16.5. The van der Waals surface area contributed by atoms with Gasteiger partial charge in [0.2, 0.25) is 0 Å². The van der Waals surface area contributed by atoms with E-state index in [1.807, 2.05) is 60.7 Å². The van der Waals surface area contributed by atoms with Crippen LogP contribution >= 0.6 is 0 Å². The van der Waals surface area contributed by atoms with Crippen LogP contribution in [0.1, 0.15) is 129 Å². The van der Waals surface area contributed by atoms with E-state index in [9.17, 15) is 4.79 Å². The molecule has 3 aromatic rings. The van der Waals surface area contributed by atoms with Crippen LogP contribution in [-0.2, 0) is 4.74 Å². The third-order valence-corrected chi connectivity index (χ3v) is 7.51. The molecule has 0 spiro atoms. The molecule has 3 rings (SSSR count). The molecule has 3 aromatic carbocycles. The van der Waals surface area contributed by atoms with Crippen LogP contribution in [0.3, 0.4) is 0 Å². The van der Waals surface area contributed by atoms with E-state index in [4.69, 9.17) is 9.47 Å². The molecule has 3 nitrogen and oxygen atoms in total. The van der Waals surface area contributed by atoms with Crippen molar-refractivity contribution < 1.29 is 14.3 Å². The number of benzene rings is 3. The Morgan fingerprint density at radius 2 is 0.860 bits per heavy atom. The van der Waals surface area contributed by atoms with Gasteiger partial charge in [-0.3, -0.25) is 0 Å². The fourth-order valence-electron chi connectivity index (χ4n) is 4.85. The van der Waals surface area contributed by atoms with Gasteiger partial charge in [0, 0.05) is 22.3 Å². The van der Waals surface area contributed by atoms with Crippen LogP contribution in [0.4, 0.5) is 0 Å². The summed E-state index contributed by atoms with van der Waals surface area (Å²) in [6, 6.07) is 23.0. The van der Waals surface area contributed by atoms with Crippen molar-refractivity contribution in [1.82, 2.24) is 0 Å². The number of hydrogen-bond acceptors (Lipinski definition) is 3. The Balaban J connectivity index is 1.27. The Bertz CT molecular complexity index is 1310. The van der Waals surface area contributed by atoms with Crippen LogP contribution < -0.4 is 4.74 Å². The van der Waals surface area contributed by atoms with Gasteiger partial charge in [-0.05, 0) is 79.2 Å². The van der Waals surface area contributed by atoms with Gasteiger partial charge < -0.3 is 9.47 Å². The van der Waals surface area contributed by atoms with Crippen LogP contribution in [0, 0.1) is 23.7 Å². The fraction of sp³-hybridized carbons (Fsp3) is 0.425. The van der Waals surface area contributed by atoms with Gasteiger partial charge in [0.15, 0.2) is 0 Å². The number of methoxy groups -OCH3 is 1. The quantitative estimate of drug-likeness (QED) is 0.0911. The van der Waals surface area contributed by atoms with Crippen LogP contribution in [0.15, 0.2) is 72.8 Å². The molecular formula is C40H48O3. The molecule has 0 aliphatic heterocycles. The molecule has 0 saturated heterocycles. The van der Waals surface area contributed by atoms with E-state index < -0.39 is 0 Å². The Kier molecular flexibility index (Phi) is 16.3. The van der Waals surface area contributed by atoms with Crippen molar-refractivity contribution in [2.45, 2.75) is 96.8 Å². The minimum atomic E-state index is -0.351. The van der Waals surface area contributed by atoms with Crippen molar-refractivity contribution in [3.63, 3.8) is 0 Å². The molecule has 0 fully saturated rings. The Hall–Kier alpha value is -3.95. The Morgan fingerprint density at radius 1 is 0.512 bits per heavy atom. The highest BCUT2D eigenvalue weighted by molar-refractivity contribution is 5.89. The summed E-state index contributed by atoms with van der Waals surface area (Å²) in [5.74, 6) is 13.3. The first-order valence-corrected chi connectivity index (χ1v) is 16.2. The first kappa shape index (κ1) is 33.6. The van der Waals surface area contributed by atoms with E-state index in [1.165, 1.54) is 90.6 Å². The van der Waals surface area contributed by atoms with Gasteiger partial charge in [-0.1, -0.05) is 114 Å². The second-order valence-electron chi connectivity index (χ2n) is 11.1. The minimum Gasteiger partial charge on any atom is -0.494 e. The lowest BCUT2D eigenvalue weighted by Gasteiger charge is -2.06. The highest BCUT2D eigenvalue weighted by Crippen LogP contribution is 2.15. The zero-order valence-corrected chi connectivity index (χ0v) is 26.3. The van der Waals surface area contributed by atoms with E-state index in [0.29, 0.717) is 5.56 Å². The van der Waals surface area contributed by atoms with Gasteiger partial charge in [-0.25, -0.2) is 4.79 Å². The largest absolute Gasteiger partial charge is 0.494 e. The third kappa shape index (κ3) is 14.2. The summed E-state index contributed by atoms with van der Waals surface area (Å²) in [6.45, 7) is 3.06. The number of ether oxygens (including phenoxy) is 2. The number of esters is 1. The molecule has 0 amide bonds. The molecule has 0 radical (unpaired) electrons. The van der Waals surface area contributed by atoms with Gasteiger partial charge >= 0.3 is 5.97 Å². The lowest BCUT2D eigenvalue weighted by Crippen LogP contribution is -2.00. The first-order chi connectivity index (χ1) is 21.2. The molecule has 226 valence electrons. The summed E-state index contributed by atoms with van der Waals surface area (Å²) < 4.78 is 10.7. The normalized spacial score (nSPS) is 10.3. The topological polar surface area (TPSA) is 35.5 Å². The zero-order chi connectivity index (χ0) is 30.4. The van der Waals surface area contributed by atoms with Crippen molar-refractivity contribution in [3.05, 3.63) is 101 Å². The van der Waals surface area contributed by atoms with E-state index >= 15 is 0 Å². The molecule has 0 saturated carbocycles. The van der Waals surface area contributed by atoms with Crippen LogP contribution in [-0.4, -0.2) is 19.7 Å². The van der Waals surface area contributed by atoms with Crippen LogP contribution in [0.2, 0.25) is 0 Å². The Morgan fingerprint density at radius 3 is 1.26 bits per heavy atom. The molecule has 0 aliphatic carbocycles. The van der Waals surface area contributed by atoms with Crippen LogP contribution in [0.5, 0.6) is 5.75 Å². The lowest BCUT2D eigenvalue weighted by atomic mass is 10.0. The minimum absolute atomic E-state index is 0.351. The average molecular weight is 577 g/mol. The van der Waals surface area contributed by atoms with Crippen LogP contribution in [0.25, 0.3) is 0 Å². The third-order valence-electron chi connectivity index (χ3n) is 7.51. The lowest BCUT2D eigenvalue weighted by molar-refractivity contribution is 0.0600. The summed E-state index contributed by atoms with van der Waals surface area (Å²) in [4.78, 5) is 11.5. The molecule has 0 atom stereocenters. The van der Waals surface area contributed by atoms with Gasteiger partial charge in [-0.2, -0.15) is 0 Å². The number of unbranched alkanes of at least 4 members (excludes halogenated alkanes) is 13. The number of hydrogen-bond donors (Lipinski definition) is 0. The maximum atomic E-state index is 11.5. The monoisotopic (exact) mass is 576 g/mol. The molecular weight excluding hydrogens is 528 g/mol. The van der Waals surface area contributed by atoms with Crippen molar-refractivity contribution in [2.24, 2.45) is 0 Å². The summed E-state index contributed by atoms with van der Waals surface area (Å²) in [5.41, 5.74) is 4.15. The molecule has 0 N–H and O–H groups in total. The van der Waals surface area contributed by atoms with E-state index in [0.717, 1.165) is 41.0 Å². The number of carbonyl (C=O) groups excluding carboxylic acids is 1. The maximum Gasteiger partial charge on any atom is 0.337 e. The summed E-state index contributed by atoms with van der Waals surface area (Å²) in [7, 11) is 1.37. The summed E-state index contributed by atoms with van der Waals surface area (Å²) in [6.07, 6.45) is 19.1. The van der Waals surface area contributed by atoms with Crippen molar-refractivity contribution in [2.75, 3.05) is 13.7 Å². The standard InChI is InChI=1S/C40H48O3/c1-3-4-5-6-7-8-9-10-11-12-13-14-15-16-33-43-39-31-27-37(28-32-39)24-22-35-19-17-34(18-20-35)21-23-36-25-29-38(30-26-36)40(41)42-2/h17-20,25-32H,3-16,33H2,1-2H3. The van der Waals surface area contributed by atoms with E-state index in [-0.39, 0.29) is 5.97 Å². The van der Waals surface area contributed by atoms with Gasteiger partial charge in [-0.15, -0.1) is 0 Å². The average Bonchev–Trinajstić information content (AvgIpc) is 3.05. The van der Waals surface area contributed by atoms with Crippen molar-refractivity contribution >= 4 is 5.97 Å². The Labute approximate surface area is 260 Å². The van der Waals surface area contributed by atoms with Gasteiger partial charge in [0.05, 0.1) is 19.3 Å². The predicted molar refractivity (Wildman–Crippen MR) is 178 cm³/mol.